The first-order valence-corrected chi connectivity index (χ1v) is 7.48. The first-order valence-electron chi connectivity index (χ1n) is 7.48. The van der Waals surface area contributed by atoms with Crippen molar-refractivity contribution in [1.29, 1.82) is 0 Å². The number of benzene rings is 1. The molecular formula is C17H27N. The summed E-state index contributed by atoms with van der Waals surface area (Å²) in [6.07, 6.45) is 5.37. The summed E-state index contributed by atoms with van der Waals surface area (Å²) in [4.78, 5) is 0. The van der Waals surface area contributed by atoms with Gasteiger partial charge in [-0.15, -0.1) is 0 Å². The van der Waals surface area contributed by atoms with Gasteiger partial charge in [-0.25, -0.2) is 0 Å². The molecule has 1 fully saturated rings. The zero-order valence-electron chi connectivity index (χ0n) is 12.1. The summed E-state index contributed by atoms with van der Waals surface area (Å²) in [5.41, 5.74) is 2.99. The molecule has 1 aromatic rings. The molecule has 2 rings (SSSR count). The van der Waals surface area contributed by atoms with Gasteiger partial charge in [-0.05, 0) is 62.1 Å². The molecule has 3 atom stereocenters. The van der Waals surface area contributed by atoms with E-state index in [1.807, 2.05) is 0 Å². The van der Waals surface area contributed by atoms with Crippen molar-refractivity contribution in [3.8, 4) is 0 Å². The van der Waals surface area contributed by atoms with Gasteiger partial charge < -0.3 is 5.32 Å². The number of aryl methyl sites for hydroxylation is 1. The van der Waals surface area contributed by atoms with Crippen molar-refractivity contribution >= 4 is 0 Å². The molecule has 0 spiro atoms. The van der Waals surface area contributed by atoms with Crippen LogP contribution >= 0.6 is 0 Å². The molecule has 1 saturated carbocycles. The van der Waals surface area contributed by atoms with Crippen molar-refractivity contribution in [2.24, 2.45) is 11.8 Å². The highest BCUT2D eigenvalue weighted by Crippen LogP contribution is 2.32. The second-order valence-corrected chi connectivity index (χ2v) is 5.97. The maximum Gasteiger partial charge on any atom is 0.00985 e. The van der Waals surface area contributed by atoms with Crippen LogP contribution < -0.4 is 5.32 Å². The van der Waals surface area contributed by atoms with Gasteiger partial charge in [-0.3, -0.25) is 0 Å². The molecule has 1 aliphatic carbocycles. The zero-order valence-corrected chi connectivity index (χ0v) is 12.1. The second-order valence-electron chi connectivity index (χ2n) is 5.97. The molecule has 1 aromatic carbocycles. The predicted octanol–water partition coefficient (Wildman–Crippen LogP) is 3.95. The van der Waals surface area contributed by atoms with E-state index in [0.29, 0.717) is 0 Å². The summed E-state index contributed by atoms with van der Waals surface area (Å²) in [6.45, 7) is 7.98. The number of hydrogen-bond donors (Lipinski definition) is 1. The van der Waals surface area contributed by atoms with Crippen LogP contribution in [0, 0.1) is 18.8 Å². The summed E-state index contributed by atoms with van der Waals surface area (Å²) >= 11 is 0. The zero-order chi connectivity index (χ0) is 13.0. The Balaban J connectivity index is 2.06. The second kappa shape index (κ2) is 6.38. The van der Waals surface area contributed by atoms with Crippen molar-refractivity contribution in [3.05, 3.63) is 35.4 Å². The lowest BCUT2D eigenvalue weighted by atomic mass is 9.75. The molecule has 0 aromatic heterocycles. The Morgan fingerprint density at radius 3 is 2.72 bits per heavy atom. The van der Waals surface area contributed by atoms with Crippen LogP contribution in [0.25, 0.3) is 0 Å². The molecular weight excluding hydrogens is 218 g/mol. The van der Waals surface area contributed by atoms with Crippen LogP contribution in [0.3, 0.4) is 0 Å². The standard InChI is InChI=1S/C17H27N/c1-4-18-17-10-9-13(2)11-16(17)12-15-8-6-5-7-14(15)3/h5-8,13,16-18H,4,9-12H2,1-3H3. The number of nitrogens with one attached hydrogen (secondary N) is 1. The molecule has 1 heteroatoms. The maximum atomic E-state index is 3.69. The van der Waals surface area contributed by atoms with E-state index in [0.717, 1.165) is 24.4 Å². The summed E-state index contributed by atoms with van der Waals surface area (Å²) in [6, 6.07) is 9.59. The summed E-state index contributed by atoms with van der Waals surface area (Å²) in [5.74, 6) is 1.71. The van der Waals surface area contributed by atoms with Crippen LogP contribution in [0.5, 0.6) is 0 Å². The molecule has 0 bridgehead atoms. The van der Waals surface area contributed by atoms with Gasteiger partial charge in [0, 0.05) is 6.04 Å². The van der Waals surface area contributed by atoms with Crippen LogP contribution in [0.4, 0.5) is 0 Å². The topological polar surface area (TPSA) is 12.0 Å². The summed E-state index contributed by atoms with van der Waals surface area (Å²) < 4.78 is 0. The van der Waals surface area contributed by atoms with Gasteiger partial charge in [0.05, 0.1) is 0 Å². The lowest BCUT2D eigenvalue weighted by molar-refractivity contribution is 0.214. The predicted molar refractivity (Wildman–Crippen MR) is 78.9 cm³/mol. The first-order chi connectivity index (χ1) is 8.70. The van der Waals surface area contributed by atoms with Crippen molar-refractivity contribution in [2.45, 2.75) is 52.5 Å². The van der Waals surface area contributed by atoms with Crippen LogP contribution in [0.15, 0.2) is 24.3 Å². The Kier molecular flexibility index (Phi) is 4.82. The minimum atomic E-state index is 0.728. The highest BCUT2D eigenvalue weighted by Gasteiger charge is 2.28. The molecule has 0 radical (unpaired) electrons. The number of rotatable bonds is 4. The van der Waals surface area contributed by atoms with E-state index in [1.165, 1.54) is 31.2 Å². The molecule has 0 heterocycles. The van der Waals surface area contributed by atoms with Gasteiger partial charge in [-0.2, -0.15) is 0 Å². The van der Waals surface area contributed by atoms with Crippen LogP contribution in [-0.2, 0) is 6.42 Å². The van der Waals surface area contributed by atoms with Gasteiger partial charge in [0.15, 0.2) is 0 Å². The SMILES string of the molecule is CCNC1CCC(C)CC1Cc1ccccc1C. The van der Waals surface area contributed by atoms with Gasteiger partial charge in [0.25, 0.3) is 0 Å². The normalized spacial score (nSPS) is 28.3. The third kappa shape index (κ3) is 3.35. The molecule has 100 valence electrons. The fourth-order valence-electron chi connectivity index (χ4n) is 3.38. The Morgan fingerprint density at radius 2 is 2.00 bits per heavy atom. The largest absolute Gasteiger partial charge is 0.314 e. The molecule has 3 unspecified atom stereocenters. The third-order valence-corrected chi connectivity index (χ3v) is 4.45. The minimum absolute atomic E-state index is 0.728. The first kappa shape index (κ1) is 13.6. The van der Waals surface area contributed by atoms with Crippen molar-refractivity contribution < 1.29 is 0 Å². The van der Waals surface area contributed by atoms with Crippen molar-refractivity contribution in [2.75, 3.05) is 6.54 Å². The van der Waals surface area contributed by atoms with Crippen LogP contribution in [0.1, 0.15) is 44.2 Å². The monoisotopic (exact) mass is 245 g/mol. The average molecular weight is 245 g/mol. The lowest BCUT2D eigenvalue weighted by Crippen LogP contribution is -2.41. The summed E-state index contributed by atoms with van der Waals surface area (Å²) in [7, 11) is 0. The lowest BCUT2D eigenvalue weighted by Gasteiger charge is -2.36. The van der Waals surface area contributed by atoms with Crippen molar-refractivity contribution in [3.63, 3.8) is 0 Å². The van der Waals surface area contributed by atoms with E-state index >= 15 is 0 Å². The van der Waals surface area contributed by atoms with Gasteiger partial charge in [0.1, 0.15) is 0 Å². The molecule has 0 aliphatic heterocycles. The molecule has 1 aliphatic rings. The Hall–Kier alpha value is -0.820. The molecule has 18 heavy (non-hydrogen) atoms. The average Bonchev–Trinajstić information content (AvgIpc) is 2.36. The maximum absolute atomic E-state index is 3.69. The smallest absolute Gasteiger partial charge is 0.00985 e. The van der Waals surface area contributed by atoms with E-state index in [-0.39, 0.29) is 0 Å². The fraction of sp³-hybridized carbons (Fsp3) is 0.647. The Bertz CT molecular complexity index is 372. The van der Waals surface area contributed by atoms with Gasteiger partial charge in [0.2, 0.25) is 0 Å². The highest BCUT2D eigenvalue weighted by molar-refractivity contribution is 5.26. The van der Waals surface area contributed by atoms with E-state index in [9.17, 15) is 0 Å². The fourth-order valence-corrected chi connectivity index (χ4v) is 3.38. The van der Waals surface area contributed by atoms with E-state index in [2.05, 4.69) is 50.4 Å². The van der Waals surface area contributed by atoms with E-state index in [1.54, 1.807) is 5.56 Å². The summed E-state index contributed by atoms with van der Waals surface area (Å²) in [5, 5.41) is 3.69. The van der Waals surface area contributed by atoms with Crippen LogP contribution in [0.2, 0.25) is 0 Å². The third-order valence-electron chi connectivity index (χ3n) is 4.45. The van der Waals surface area contributed by atoms with Gasteiger partial charge >= 0.3 is 0 Å². The van der Waals surface area contributed by atoms with Crippen LogP contribution in [-0.4, -0.2) is 12.6 Å². The minimum Gasteiger partial charge on any atom is -0.314 e. The Morgan fingerprint density at radius 1 is 1.22 bits per heavy atom. The van der Waals surface area contributed by atoms with E-state index < -0.39 is 0 Å². The van der Waals surface area contributed by atoms with Crippen molar-refractivity contribution in [1.82, 2.24) is 5.32 Å². The van der Waals surface area contributed by atoms with Gasteiger partial charge in [-0.1, -0.05) is 38.1 Å². The molecule has 1 N–H and O–H groups in total. The molecule has 1 nitrogen and oxygen atoms in total. The molecule has 0 amide bonds. The number of hydrogen-bond acceptors (Lipinski definition) is 1. The molecule has 0 saturated heterocycles. The quantitative estimate of drug-likeness (QED) is 0.847. The van der Waals surface area contributed by atoms with E-state index in [4.69, 9.17) is 0 Å². The Labute approximate surface area is 112 Å². The highest BCUT2D eigenvalue weighted by atomic mass is 14.9.